The molecule has 2 atom stereocenters. The lowest BCUT2D eigenvalue weighted by atomic mass is 9.93. The van der Waals surface area contributed by atoms with Crippen LogP contribution >= 0.6 is 0 Å². The number of anilines is 1. The summed E-state index contributed by atoms with van der Waals surface area (Å²) in [7, 11) is -4.60. The molecule has 0 spiro atoms. The maximum Gasteiger partial charge on any atom is 0.341 e. The first-order chi connectivity index (χ1) is 13.3. The Labute approximate surface area is 166 Å². The highest BCUT2D eigenvalue weighted by molar-refractivity contribution is 7.91. The standard InChI is InChI=1S/C20H30F2N2O3S/c1-15-13-23(14-16(2)27-15)10-7-17-8-11-24(12-9-17)18-5-3-4-6-19(18)28(25,26)20(21)22/h3-6,15-17,20H,7-14H2,1-2H3. The second-order valence-electron chi connectivity index (χ2n) is 8.01. The second kappa shape index (κ2) is 9.05. The Hall–Kier alpha value is -1.25. The fourth-order valence-corrected chi connectivity index (χ4v) is 5.30. The van der Waals surface area contributed by atoms with Gasteiger partial charge in [0.1, 0.15) is 0 Å². The lowest BCUT2D eigenvalue weighted by molar-refractivity contribution is -0.0690. The van der Waals surface area contributed by atoms with E-state index in [0.717, 1.165) is 38.9 Å². The number of halogens is 2. The third kappa shape index (κ3) is 5.02. The predicted octanol–water partition coefficient (Wildman–Crippen LogP) is 3.40. The molecular formula is C20H30F2N2O3S. The van der Waals surface area contributed by atoms with E-state index in [1.165, 1.54) is 12.1 Å². The van der Waals surface area contributed by atoms with Crippen molar-refractivity contribution >= 4 is 15.5 Å². The number of alkyl halides is 2. The number of benzene rings is 1. The molecule has 2 aliphatic heterocycles. The number of hydrogen-bond donors (Lipinski definition) is 0. The molecule has 5 nitrogen and oxygen atoms in total. The van der Waals surface area contributed by atoms with Gasteiger partial charge in [0.15, 0.2) is 0 Å². The Kier molecular flexibility index (Phi) is 6.94. The normalized spacial score (nSPS) is 25.4. The molecule has 158 valence electrons. The number of nitrogens with zero attached hydrogens (tertiary/aromatic N) is 2. The smallest absolute Gasteiger partial charge is 0.341 e. The molecule has 2 saturated heterocycles. The van der Waals surface area contributed by atoms with Gasteiger partial charge in [0.25, 0.3) is 0 Å². The van der Waals surface area contributed by atoms with E-state index in [1.807, 2.05) is 4.90 Å². The van der Waals surface area contributed by atoms with Crippen molar-refractivity contribution in [2.24, 2.45) is 5.92 Å². The van der Waals surface area contributed by atoms with Gasteiger partial charge in [-0.2, -0.15) is 8.78 Å². The molecule has 2 fully saturated rings. The van der Waals surface area contributed by atoms with Crippen molar-refractivity contribution in [2.75, 3.05) is 37.6 Å². The molecule has 28 heavy (non-hydrogen) atoms. The van der Waals surface area contributed by atoms with Crippen molar-refractivity contribution < 1.29 is 21.9 Å². The maximum atomic E-state index is 13.0. The number of ether oxygens (including phenoxy) is 1. The highest BCUT2D eigenvalue weighted by Gasteiger charge is 2.32. The van der Waals surface area contributed by atoms with Gasteiger partial charge >= 0.3 is 5.76 Å². The van der Waals surface area contributed by atoms with E-state index in [0.29, 0.717) is 24.7 Å². The Morgan fingerprint density at radius 3 is 2.32 bits per heavy atom. The summed E-state index contributed by atoms with van der Waals surface area (Å²) in [4.78, 5) is 4.13. The zero-order chi connectivity index (χ0) is 20.3. The number of morpholine rings is 1. The summed E-state index contributed by atoms with van der Waals surface area (Å²) < 4.78 is 55.8. The molecule has 1 aromatic carbocycles. The number of hydrogen-bond acceptors (Lipinski definition) is 5. The summed E-state index contributed by atoms with van der Waals surface area (Å²) in [6, 6.07) is 6.11. The molecule has 0 aromatic heterocycles. The van der Waals surface area contributed by atoms with Crippen LogP contribution in [0.15, 0.2) is 29.2 Å². The van der Waals surface area contributed by atoms with Gasteiger partial charge in [-0.15, -0.1) is 0 Å². The van der Waals surface area contributed by atoms with E-state index < -0.39 is 15.6 Å². The molecular weight excluding hydrogens is 386 g/mol. The van der Waals surface area contributed by atoms with Gasteiger partial charge in [0.05, 0.1) is 22.8 Å². The van der Waals surface area contributed by atoms with Crippen LogP contribution in [-0.4, -0.2) is 64.0 Å². The van der Waals surface area contributed by atoms with Crippen molar-refractivity contribution in [1.82, 2.24) is 4.90 Å². The van der Waals surface area contributed by atoms with E-state index in [9.17, 15) is 17.2 Å². The third-order valence-corrected chi connectivity index (χ3v) is 7.14. The number of sulfone groups is 1. The Morgan fingerprint density at radius 1 is 1.11 bits per heavy atom. The first kappa shape index (κ1) is 21.5. The molecule has 0 amide bonds. The van der Waals surface area contributed by atoms with Crippen LogP contribution in [-0.2, 0) is 14.6 Å². The van der Waals surface area contributed by atoms with Crippen molar-refractivity contribution in [2.45, 2.75) is 56.0 Å². The van der Waals surface area contributed by atoms with Crippen molar-refractivity contribution in [1.29, 1.82) is 0 Å². The minimum absolute atomic E-state index is 0.263. The molecule has 0 bridgehead atoms. The van der Waals surface area contributed by atoms with Crippen LogP contribution in [0.4, 0.5) is 14.5 Å². The summed E-state index contributed by atoms with van der Waals surface area (Å²) in [5.74, 6) is -2.83. The van der Waals surface area contributed by atoms with Crippen LogP contribution in [0.5, 0.6) is 0 Å². The molecule has 3 rings (SSSR count). The molecule has 0 radical (unpaired) electrons. The molecule has 2 aliphatic rings. The Morgan fingerprint density at radius 2 is 1.71 bits per heavy atom. The van der Waals surface area contributed by atoms with Crippen LogP contribution in [0.2, 0.25) is 0 Å². The van der Waals surface area contributed by atoms with Gasteiger partial charge in [-0.3, -0.25) is 4.90 Å². The first-order valence-electron chi connectivity index (χ1n) is 10.0. The average molecular weight is 417 g/mol. The van der Waals surface area contributed by atoms with E-state index in [-0.39, 0.29) is 17.1 Å². The van der Waals surface area contributed by atoms with Crippen molar-refractivity contribution in [3.05, 3.63) is 24.3 Å². The van der Waals surface area contributed by atoms with Crippen LogP contribution in [0, 0.1) is 5.92 Å². The minimum Gasteiger partial charge on any atom is -0.373 e. The van der Waals surface area contributed by atoms with E-state index in [1.54, 1.807) is 12.1 Å². The molecule has 0 saturated carbocycles. The van der Waals surface area contributed by atoms with Crippen molar-refractivity contribution in [3.63, 3.8) is 0 Å². The lowest BCUT2D eigenvalue weighted by Crippen LogP contribution is -2.46. The highest BCUT2D eigenvalue weighted by Crippen LogP contribution is 2.32. The van der Waals surface area contributed by atoms with Crippen LogP contribution < -0.4 is 4.90 Å². The van der Waals surface area contributed by atoms with E-state index >= 15 is 0 Å². The second-order valence-corrected chi connectivity index (χ2v) is 9.90. The fraction of sp³-hybridized carbons (Fsp3) is 0.700. The van der Waals surface area contributed by atoms with Gasteiger partial charge in [-0.25, -0.2) is 8.42 Å². The molecule has 2 unspecified atom stereocenters. The monoisotopic (exact) mass is 416 g/mol. The minimum atomic E-state index is -4.60. The van der Waals surface area contributed by atoms with Gasteiger partial charge < -0.3 is 9.64 Å². The number of rotatable bonds is 6. The molecule has 0 aliphatic carbocycles. The van der Waals surface area contributed by atoms with Gasteiger partial charge in [0, 0.05) is 26.2 Å². The molecule has 1 aromatic rings. The van der Waals surface area contributed by atoms with E-state index in [2.05, 4.69) is 18.7 Å². The zero-order valence-corrected chi connectivity index (χ0v) is 17.4. The average Bonchev–Trinajstić information content (AvgIpc) is 2.66. The van der Waals surface area contributed by atoms with Gasteiger partial charge in [-0.05, 0) is 57.7 Å². The van der Waals surface area contributed by atoms with Gasteiger partial charge in [-0.1, -0.05) is 12.1 Å². The summed E-state index contributed by atoms with van der Waals surface area (Å²) in [5, 5.41) is 0. The SMILES string of the molecule is CC1CN(CCC2CCN(c3ccccc3S(=O)(=O)C(F)F)CC2)CC(C)O1. The van der Waals surface area contributed by atoms with E-state index in [4.69, 9.17) is 4.74 Å². The largest absolute Gasteiger partial charge is 0.373 e. The van der Waals surface area contributed by atoms with Crippen LogP contribution in [0.3, 0.4) is 0 Å². The van der Waals surface area contributed by atoms with Crippen molar-refractivity contribution in [3.8, 4) is 0 Å². The summed E-state index contributed by atoms with van der Waals surface area (Å²) in [6.07, 6.45) is 3.51. The molecule has 2 heterocycles. The van der Waals surface area contributed by atoms with Gasteiger partial charge in [0.2, 0.25) is 9.84 Å². The predicted molar refractivity (Wildman–Crippen MR) is 106 cm³/mol. The lowest BCUT2D eigenvalue weighted by Gasteiger charge is -2.38. The highest BCUT2D eigenvalue weighted by atomic mass is 32.2. The quantitative estimate of drug-likeness (QED) is 0.711. The maximum absolute atomic E-state index is 13.0. The topological polar surface area (TPSA) is 49.9 Å². The first-order valence-corrected chi connectivity index (χ1v) is 11.6. The van der Waals surface area contributed by atoms with Crippen LogP contribution in [0.25, 0.3) is 0 Å². The number of piperidine rings is 1. The fourth-order valence-electron chi connectivity index (χ4n) is 4.35. The summed E-state index contributed by atoms with van der Waals surface area (Å²) in [5.41, 5.74) is 0.400. The number of para-hydroxylation sites is 1. The summed E-state index contributed by atoms with van der Waals surface area (Å²) in [6.45, 7) is 8.55. The zero-order valence-electron chi connectivity index (χ0n) is 16.6. The summed E-state index contributed by atoms with van der Waals surface area (Å²) >= 11 is 0. The third-order valence-electron chi connectivity index (χ3n) is 5.71. The Bertz CT molecular complexity index is 742. The van der Waals surface area contributed by atoms with Crippen LogP contribution in [0.1, 0.15) is 33.1 Å². The Balaban J connectivity index is 1.56. The molecule has 8 heteroatoms. The molecule has 0 N–H and O–H groups in total.